The normalized spacial score (nSPS) is 12.1. The molecule has 1 aromatic heterocycles. The van der Waals surface area contributed by atoms with E-state index in [1.165, 1.54) is 5.56 Å². The van der Waals surface area contributed by atoms with Crippen molar-refractivity contribution in [2.24, 2.45) is 0 Å². The first-order valence-corrected chi connectivity index (χ1v) is 6.06. The largest absolute Gasteiger partial charge is 0.357 e. The van der Waals surface area contributed by atoms with Gasteiger partial charge in [0.25, 0.3) is 0 Å². The molecule has 0 spiro atoms. The summed E-state index contributed by atoms with van der Waals surface area (Å²) in [6, 6.07) is 10.7. The fourth-order valence-electron chi connectivity index (χ4n) is 1.71. The quantitative estimate of drug-likeness (QED) is 0.845. The Balaban J connectivity index is 1.91. The number of rotatable bonds is 5. The summed E-state index contributed by atoms with van der Waals surface area (Å²) in [6.07, 6.45) is 3.67. The predicted octanol–water partition coefficient (Wildman–Crippen LogP) is 2.37. The Hall–Kier alpha value is -1.94. The molecule has 2 N–H and O–H groups in total. The lowest BCUT2D eigenvalue weighted by molar-refractivity contribution is 0.573. The smallest absolute Gasteiger partial charge is 0.222 e. The first-order chi connectivity index (χ1) is 8.79. The molecule has 1 heterocycles. The molecule has 0 unspecified atom stereocenters. The van der Waals surface area contributed by atoms with Gasteiger partial charge in [-0.25, -0.2) is 9.97 Å². The van der Waals surface area contributed by atoms with Crippen LogP contribution in [-0.2, 0) is 6.54 Å². The van der Waals surface area contributed by atoms with E-state index in [2.05, 4.69) is 51.8 Å². The number of hydrogen-bond acceptors (Lipinski definition) is 4. The second kappa shape index (κ2) is 6.12. The molecule has 4 heteroatoms. The SMILES string of the molecule is CNc1ncc(CN[C@H](C)c2ccccc2)cn1. The van der Waals surface area contributed by atoms with Crippen LogP contribution in [-0.4, -0.2) is 17.0 Å². The summed E-state index contributed by atoms with van der Waals surface area (Å²) >= 11 is 0. The van der Waals surface area contributed by atoms with Gasteiger partial charge < -0.3 is 10.6 Å². The van der Waals surface area contributed by atoms with Crippen LogP contribution in [0.3, 0.4) is 0 Å². The lowest BCUT2D eigenvalue weighted by atomic mass is 10.1. The van der Waals surface area contributed by atoms with Gasteiger partial charge in [-0.1, -0.05) is 30.3 Å². The minimum absolute atomic E-state index is 0.315. The highest BCUT2D eigenvalue weighted by Crippen LogP contribution is 2.11. The van der Waals surface area contributed by atoms with Crippen LogP contribution in [0.4, 0.5) is 5.95 Å². The van der Waals surface area contributed by atoms with E-state index >= 15 is 0 Å². The number of nitrogens with zero attached hydrogens (tertiary/aromatic N) is 2. The van der Waals surface area contributed by atoms with E-state index in [-0.39, 0.29) is 0 Å². The molecule has 18 heavy (non-hydrogen) atoms. The summed E-state index contributed by atoms with van der Waals surface area (Å²) in [5.74, 6) is 0.648. The van der Waals surface area contributed by atoms with Gasteiger partial charge in [-0.2, -0.15) is 0 Å². The maximum Gasteiger partial charge on any atom is 0.222 e. The van der Waals surface area contributed by atoms with Gasteiger partial charge in [0.15, 0.2) is 0 Å². The van der Waals surface area contributed by atoms with Crippen molar-refractivity contribution in [3.05, 3.63) is 53.9 Å². The number of aromatic nitrogens is 2. The van der Waals surface area contributed by atoms with Gasteiger partial charge in [0.05, 0.1) is 0 Å². The van der Waals surface area contributed by atoms with Gasteiger partial charge in [-0.15, -0.1) is 0 Å². The van der Waals surface area contributed by atoms with Crippen LogP contribution in [0.15, 0.2) is 42.7 Å². The lowest BCUT2D eigenvalue weighted by Gasteiger charge is -2.13. The topological polar surface area (TPSA) is 49.8 Å². The maximum atomic E-state index is 4.19. The number of anilines is 1. The maximum absolute atomic E-state index is 4.19. The third-order valence-electron chi connectivity index (χ3n) is 2.84. The molecule has 4 nitrogen and oxygen atoms in total. The monoisotopic (exact) mass is 242 g/mol. The molecule has 0 fully saturated rings. The predicted molar refractivity (Wildman–Crippen MR) is 73.3 cm³/mol. The van der Waals surface area contributed by atoms with E-state index in [1.807, 2.05) is 25.5 Å². The molecule has 0 saturated heterocycles. The summed E-state index contributed by atoms with van der Waals surface area (Å²) in [4.78, 5) is 8.37. The molecular formula is C14H18N4. The molecule has 0 amide bonds. The highest BCUT2D eigenvalue weighted by Gasteiger charge is 2.04. The van der Waals surface area contributed by atoms with Crippen LogP contribution in [0.25, 0.3) is 0 Å². The molecule has 0 aliphatic carbocycles. The van der Waals surface area contributed by atoms with Crippen molar-refractivity contribution >= 4 is 5.95 Å². The summed E-state index contributed by atoms with van der Waals surface area (Å²) in [6.45, 7) is 2.91. The van der Waals surface area contributed by atoms with Gasteiger partial charge in [0.2, 0.25) is 5.95 Å². The molecule has 0 aliphatic heterocycles. The van der Waals surface area contributed by atoms with Gasteiger partial charge >= 0.3 is 0 Å². The van der Waals surface area contributed by atoms with Crippen molar-refractivity contribution < 1.29 is 0 Å². The molecule has 2 aromatic rings. The van der Waals surface area contributed by atoms with Crippen molar-refractivity contribution in [1.29, 1.82) is 0 Å². The second-order valence-corrected chi connectivity index (χ2v) is 4.18. The van der Waals surface area contributed by atoms with Gasteiger partial charge in [0.1, 0.15) is 0 Å². The van der Waals surface area contributed by atoms with E-state index in [9.17, 15) is 0 Å². The molecule has 2 rings (SSSR count). The zero-order valence-corrected chi connectivity index (χ0v) is 10.7. The standard InChI is InChI=1S/C14H18N4/c1-11(13-6-4-3-5-7-13)16-8-12-9-17-14(15-2)18-10-12/h3-7,9-11,16H,8H2,1-2H3,(H,15,17,18)/t11-/m1/s1. The zero-order valence-electron chi connectivity index (χ0n) is 10.7. The van der Waals surface area contributed by atoms with Crippen molar-refractivity contribution in [2.75, 3.05) is 12.4 Å². The van der Waals surface area contributed by atoms with Gasteiger partial charge in [-0.3, -0.25) is 0 Å². The molecular weight excluding hydrogens is 224 g/mol. The fourth-order valence-corrected chi connectivity index (χ4v) is 1.71. The second-order valence-electron chi connectivity index (χ2n) is 4.18. The summed E-state index contributed by atoms with van der Waals surface area (Å²) in [5, 5.41) is 6.35. The first kappa shape index (κ1) is 12.5. The number of nitrogens with one attached hydrogen (secondary N) is 2. The molecule has 1 aromatic carbocycles. The number of hydrogen-bond donors (Lipinski definition) is 2. The van der Waals surface area contributed by atoms with Crippen LogP contribution in [0, 0.1) is 0 Å². The molecule has 0 bridgehead atoms. The summed E-state index contributed by atoms with van der Waals surface area (Å²) in [5.41, 5.74) is 2.36. The Morgan fingerprint density at radius 1 is 1.11 bits per heavy atom. The molecule has 0 saturated carbocycles. The molecule has 94 valence electrons. The van der Waals surface area contributed by atoms with Crippen molar-refractivity contribution in [2.45, 2.75) is 19.5 Å². The molecule has 1 atom stereocenters. The van der Waals surface area contributed by atoms with Crippen molar-refractivity contribution in [3.63, 3.8) is 0 Å². The Labute approximate surface area is 107 Å². The van der Waals surface area contributed by atoms with Crippen LogP contribution in [0.1, 0.15) is 24.1 Å². The minimum atomic E-state index is 0.315. The zero-order chi connectivity index (χ0) is 12.8. The fraction of sp³-hybridized carbons (Fsp3) is 0.286. The van der Waals surface area contributed by atoms with E-state index in [1.54, 1.807) is 0 Å². The highest BCUT2D eigenvalue weighted by molar-refractivity contribution is 5.23. The van der Waals surface area contributed by atoms with Crippen molar-refractivity contribution in [1.82, 2.24) is 15.3 Å². The third-order valence-corrected chi connectivity index (χ3v) is 2.84. The lowest BCUT2D eigenvalue weighted by Crippen LogP contribution is -2.18. The van der Waals surface area contributed by atoms with E-state index < -0.39 is 0 Å². The van der Waals surface area contributed by atoms with E-state index in [0.717, 1.165) is 12.1 Å². The van der Waals surface area contributed by atoms with Crippen LogP contribution >= 0.6 is 0 Å². The Morgan fingerprint density at radius 3 is 2.39 bits per heavy atom. The Morgan fingerprint density at radius 2 is 1.78 bits per heavy atom. The van der Waals surface area contributed by atoms with Crippen LogP contribution < -0.4 is 10.6 Å². The van der Waals surface area contributed by atoms with E-state index in [4.69, 9.17) is 0 Å². The van der Waals surface area contributed by atoms with Gasteiger partial charge in [-0.05, 0) is 12.5 Å². The average molecular weight is 242 g/mol. The summed E-state index contributed by atoms with van der Waals surface area (Å²) in [7, 11) is 1.81. The molecule has 0 aliphatic rings. The van der Waals surface area contributed by atoms with Crippen LogP contribution in [0.5, 0.6) is 0 Å². The van der Waals surface area contributed by atoms with E-state index in [0.29, 0.717) is 12.0 Å². The Bertz CT molecular complexity index is 467. The third kappa shape index (κ3) is 3.28. The van der Waals surface area contributed by atoms with Crippen LogP contribution in [0.2, 0.25) is 0 Å². The Kier molecular flexibility index (Phi) is 4.25. The highest BCUT2D eigenvalue weighted by atomic mass is 15.1. The van der Waals surface area contributed by atoms with Gasteiger partial charge in [0, 0.05) is 37.6 Å². The molecule has 0 radical (unpaired) electrons. The average Bonchev–Trinajstić information content (AvgIpc) is 2.46. The minimum Gasteiger partial charge on any atom is -0.357 e. The van der Waals surface area contributed by atoms with Crippen molar-refractivity contribution in [3.8, 4) is 0 Å². The first-order valence-electron chi connectivity index (χ1n) is 6.06. The number of benzene rings is 1. The summed E-state index contributed by atoms with van der Waals surface area (Å²) < 4.78 is 0.